The summed E-state index contributed by atoms with van der Waals surface area (Å²) in [4.78, 5) is 2.49. The summed E-state index contributed by atoms with van der Waals surface area (Å²) in [5.74, 6) is 5.51. The van der Waals surface area contributed by atoms with Gasteiger partial charge < -0.3 is 10.2 Å². The maximum absolute atomic E-state index is 5.51. The monoisotopic (exact) mass is 202 g/mol. The molecule has 4 heteroatoms. The Morgan fingerprint density at radius 1 is 1.29 bits per heavy atom. The smallest absolute Gasteiger partial charge is 0.0137 e. The predicted octanol–water partition coefficient (Wildman–Crippen LogP) is 0.113. The van der Waals surface area contributed by atoms with Gasteiger partial charge in [0.05, 0.1) is 0 Å². The van der Waals surface area contributed by atoms with Crippen LogP contribution in [0, 0.1) is 0 Å². The quantitative estimate of drug-likeness (QED) is 0.502. The van der Waals surface area contributed by atoms with Gasteiger partial charge in [-0.3, -0.25) is 10.9 Å². The molecule has 1 aliphatic rings. The Morgan fingerprint density at radius 2 is 1.86 bits per heavy atom. The van der Waals surface area contributed by atoms with E-state index in [-0.39, 0.29) is 0 Å². The Bertz CT molecular complexity index is 111. The van der Waals surface area contributed by atoms with E-state index in [1.54, 1.807) is 5.01 Å². The van der Waals surface area contributed by atoms with E-state index < -0.39 is 0 Å². The van der Waals surface area contributed by atoms with Crippen molar-refractivity contribution in [3.63, 3.8) is 0 Å². The van der Waals surface area contributed by atoms with Crippen LogP contribution < -0.4 is 11.2 Å². The normalized spacial score (nSPS) is 17.8. The molecule has 0 unspecified atom stereocenters. The Labute approximate surface area is 88.4 Å². The number of nitrogens with one attached hydrogen (secondary N) is 1. The molecule has 0 amide bonds. The first-order chi connectivity index (χ1) is 6.79. The van der Waals surface area contributed by atoms with Gasteiger partial charge in [0.1, 0.15) is 0 Å². The van der Waals surface area contributed by atoms with E-state index >= 15 is 0 Å². The molecule has 3 N–H and O–H groups in total. The maximum Gasteiger partial charge on any atom is 0.0137 e. The van der Waals surface area contributed by atoms with E-state index in [1.807, 2.05) is 20.9 Å². The van der Waals surface area contributed by atoms with Gasteiger partial charge in [-0.25, -0.2) is 0 Å². The van der Waals surface area contributed by atoms with Crippen LogP contribution in [0.15, 0.2) is 0 Å². The molecule has 0 aromatic carbocycles. The first-order valence-electron chi connectivity index (χ1n) is 5.68. The van der Waals surface area contributed by atoms with Crippen LogP contribution in [-0.4, -0.2) is 56.2 Å². The number of piperazine rings is 1. The van der Waals surface area contributed by atoms with Gasteiger partial charge in [0.2, 0.25) is 0 Å². The van der Waals surface area contributed by atoms with Crippen molar-refractivity contribution < 1.29 is 0 Å². The third-order valence-electron chi connectivity index (χ3n) is 2.19. The number of nitrogens with zero attached hydrogens (tertiary/aromatic N) is 2. The second kappa shape index (κ2) is 9.40. The Balaban J connectivity index is 0.000000791. The second-order valence-electron chi connectivity index (χ2n) is 3.43. The van der Waals surface area contributed by atoms with Crippen molar-refractivity contribution in [2.45, 2.75) is 20.3 Å². The van der Waals surface area contributed by atoms with Crippen molar-refractivity contribution in [1.82, 2.24) is 15.2 Å². The summed E-state index contributed by atoms with van der Waals surface area (Å²) < 4.78 is 0. The van der Waals surface area contributed by atoms with Crippen LogP contribution in [0.3, 0.4) is 0 Å². The summed E-state index contributed by atoms with van der Waals surface area (Å²) in [6.45, 7) is 10.8. The predicted molar refractivity (Wildman–Crippen MR) is 62.1 cm³/mol. The van der Waals surface area contributed by atoms with Crippen LogP contribution in [0.5, 0.6) is 0 Å². The molecule has 1 aliphatic heterocycles. The molecule has 86 valence electrons. The van der Waals surface area contributed by atoms with Gasteiger partial charge in [-0.2, -0.15) is 0 Å². The molecule has 0 atom stereocenters. The zero-order valence-electron chi connectivity index (χ0n) is 9.92. The fraction of sp³-hybridized carbons (Fsp3) is 1.00. The summed E-state index contributed by atoms with van der Waals surface area (Å²) in [6, 6.07) is 0. The van der Waals surface area contributed by atoms with Crippen LogP contribution >= 0.6 is 0 Å². The average molecular weight is 202 g/mol. The van der Waals surface area contributed by atoms with Gasteiger partial charge in [-0.05, 0) is 13.0 Å². The SMILES string of the molecule is CC.CN(N)CCCN1CCNCC1. The number of hydrazine groups is 1. The topological polar surface area (TPSA) is 44.5 Å². The Morgan fingerprint density at radius 3 is 2.36 bits per heavy atom. The summed E-state index contributed by atoms with van der Waals surface area (Å²) in [6.07, 6.45) is 1.17. The summed E-state index contributed by atoms with van der Waals surface area (Å²) in [5, 5.41) is 5.09. The van der Waals surface area contributed by atoms with E-state index in [0.717, 1.165) is 19.6 Å². The van der Waals surface area contributed by atoms with Crippen molar-refractivity contribution in [1.29, 1.82) is 0 Å². The highest BCUT2D eigenvalue weighted by molar-refractivity contribution is 4.67. The fourth-order valence-electron chi connectivity index (χ4n) is 1.48. The largest absolute Gasteiger partial charge is 0.314 e. The summed E-state index contributed by atoms with van der Waals surface area (Å²) in [7, 11) is 1.91. The van der Waals surface area contributed by atoms with Crippen molar-refractivity contribution in [2.75, 3.05) is 46.3 Å². The Hall–Kier alpha value is -0.160. The van der Waals surface area contributed by atoms with Crippen molar-refractivity contribution in [2.24, 2.45) is 5.84 Å². The molecule has 1 saturated heterocycles. The molecule has 0 bridgehead atoms. The maximum atomic E-state index is 5.51. The zero-order valence-corrected chi connectivity index (χ0v) is 9.92. The molecule has 0 aromatic rings. The third-order valence-corrected chi connectivity index (χ3v) is 2.19. The minimum absolute atomic E-state index is 0.990. The van der Waals surface area contributed by atoms with Crippen LogP contribution in [0.2, 0.25) is 0 Å². The lowest BCUT2D eigenvalue weighted by Crippen LogP contribution is -2.44. The van der Waals surface area contributed by atoms with E-state index in [1.165, 1.54) is 26.1 Å². The van der Waals surface area contributed by atoms with Gasteiger partial charge in [0, 0.05) is 39.8 Å². The molecular weight excluding hydrogens is 176 g/mol. The highest BCUT2D eigenvalue weighted by atomic mass is 15.4. The van der Waals surface area contributed by atoms with Gasteiger partial charge >= 0.3 is 0 Å². The molecule has 1 fully saturated rings. The Kier molecular flexibility index (Phi) is 9.29. The molecule has 0 saturated carbocycles. The van der Waals surface area contributed by atoms with E-state index in [9.17, 15) is 0 Å². The van der Waals surface area contributed by atoms with Gasteiger partial charge in [-0.15, -0.1) is 0 Å². The standard InChI is InChI=1S/C8H20N4.C2H6/c1-11(9)5-2-6-12-7-3-10-4-8-12;1-2/h10H,2-9H2,1H3;1-2H3. The number of hydrogen-bond donors (Lipinski definition) is 2. The minimum atomic E-state index is 0.990. The fourth-order valence-corrected chi connectivity index (χ4v) is 1.48. The molecule has 1 rings (SSSR count). The number of hydrogen-bond acceptors (Lipinski definition) is 4. The molecule has 0 aliphatic carbocycles. The van der Waals surface area contributed by atoms with Crippen LogP contribution in [0.4, 0.5) is 0 Å². The minimum Gasteiger partial charge on any atom is -0.314 e. The van der Waals surface area contributed by atoms with Crippen LogP contribution in [0.25, 0.3) is 0 Å². The highest BCUT2D eigenvalue weighted by Gasteiger charge is 2.07. The lowest BCUT2D eigenvalue weighted by molar-refractivity contribution is 0.223. The lowest BCUT2D eigenvalue weighted by atomic mass is 10.3. The molecule has 4 nitrogen and oxygen atoms in total. The molecule has 0 radical (unpaired) electrons. The van der Waals surface area contributed by atoms with Crippen molar-refractivity contribution in [3.05, 3.63) is 0 Å². The van der Waals surface area contributed by atoms with E-state index in [2.05, 4.69) is 10.2 Å². The number of nitrogens with two attached hydrogens (primary N) is 1. The van der Waals surface area contributed by atoms with E-state index in [4.69, 9.17) is 5.84 Å². The first kappa shape index (κ1) is 13.8. The summed E-state index contributed by atoms with van der Waals surface area (Å²) >= 11 is 0. The van der Waals surface area contributed by atoms with Gasteiger partial charge in [0.15, 0.2) is 0 Å². The third kappa shape index (κ3) is 7.26. The lowest BCUT2D eigenvalue weighted by Gasteiger charge is -2.27. The van der Waals surface area contributed by atoms with Crippen LogP contribution in [-0.2, 0) is 0 Å². The van der Waals surface area contributed by atoms with Gasteiger partial charge in [-0.1, -0.05) is 13.8 Å². The van der Waals surface area contributed by atoms with Crippen molar-refractivity contribution in [3.8, 4) is 0 Å². The summed E-state index contributed by atoms with van der Waals surface area (Å²) in [5.41, 5.74) is 0. The first-order valence-corrected chi connectivity index (χ1v) is 5.68. The highest BCUT2D eigenvalue weighted by Crippen LogP contribution is 1.94. The zero-order chi connectivity index (χ0) is 10.8. The molecule has 0 spiro atoms. The molecule has 1 heterocycles. The molecule has 14 heavy (non-hydrogen) atoms. The average Bonchev–Trinajstić information content (AvgIpc) is 2.22. The second-order valence-corrected chi connectivity index (χ2v) is 3.43. The van der Waals surface area contributed by atoms with E-state index in [0.29, 0.717) is 0 Å². The van der Waals surface area contributed by atoms with Crippen LogP contribution in [0.1, 0.15) is 20.3 Å². The molecular formula is C10H26N4. The van der Waals surface area contributed by atoms with Gasteiger partial charge in [0.25, 0.3) is 0 Å². The number of rotatable bonds is 4. The molecule has 0 aromatic heterocycles. The van der Waals surface area contributed by atoms with Crippen molar-refractivity contribution >= 4 is 0 Å².